The van der Waals surface area contributed by atoms with Crippen molar-refractivity contribution in [1.82, 2.24) is 15.2 Å². The average Bonchev–Trinajstić information content (AvgIpc) is 3.16. The molecule has 2 aliphatic heterocycles. The molecular weight excluding hydrogens is 370 g/mol. The number of likely N-dealkylation sites (tertiary alicyclic amines) is 1. The number of carbonyl (C=O) groups is 1. The molecule has 5 nitrogen and oxygen atoms in total. The number of carbonyl (C=O) groups excluding carboxylic acids is 1. The van der Waals surface area contributed by atoms with Gasteiger partial charge in [-0.25, -0.2) is 4.98 Å². The van der Waals surface area contributed by atoms with E-state index >= 15 is 0 Å². The van der Waals surface area contributed by atoms with Crippen LogP contribution in [-0.2, 0) is 0 Å². The van der Waals surface area contributed by atoms with Crippen molar-refractivity contribution in [2.75, 3.05) is 26.2 Å². The zero-order chi connectivity index (χ0) is 16.5. The highest BCUT2D eigenvalue weighted by Crippen LogP contribution is 2.28. The van der Waals surface area contributed by atoms with Gasteiger partial charge in [0.05, 0.1) is 5.56 Å². The van der Waals surface area contributed by atoms with Crippen LogP contribution in [0, 0.1) is 11.8 Å². The molecule has 3 heterocycles. The molecule has 2 atom stereocenters. The number of hydrogen-bond donors (Lipinski definition) is 1. The molecule has 0 spiro atoms. The van der Waals surface area contributed by atoms with E-state index in [1.54, 1.807) is 18.3 Å². The van der Waals surface area contributed by atoms with Gasteiger partial charge in [-0.3, -0.25) is 4.79 Å². The van der Waals surface area contributed by atoms with E-state index in [0.29, 0.717) is 29.0 Å². The first-order valence-corrected chi connectivity index (χ1v) is 8.88. The van der Waals surface area contributed by atoms with Crippen LogP contribution in [0.2, 0.25) is 0 Å². The lowest BCUT2D eigenvalue weighted by atomic mass is 10.0. The maximum atomic E-state index is 12.6. The zero-order valence-corrected chi connectivity index (χ0v) is 14.7. The number of nitrogens with zero attached hydrogens (tertiary/aromatic N) is 2. The van der Waals surface area contributed by atoms with Crippen molar-refractivity contribution in [2.24, 2.45) is 11.8 Å². The Bertz CT molecular complexity index is 738. The topological polar surface area (TPSA) is 54.5 Å². The fourth-order valence-corrected chi connectivity index (χ4v) is 3.80. The fraction of sp³-hybridized carbons (Fsp3) is 0.333. The first-order chi connectivity index (χ1) is 11.7. The van der Waals surface area contributed by atoms with Gasteiger partial charge in [-0.2, -0.15) is 0 Å². The van der Waals surface area contributed by atoms with Gasteiger partial charge in [-0.05, 0) is 36.1 Å². The van der Waals surface area contributed by atoms with Crippen LogP contribution in [0.15, 0.2) is 47.1 Å². The van der Waals surface area contributed by atoms with Crippen LogP contribution in [0.25, 0.3) is 0 Å². The number of rotatable bonds is 3. The summed E-state index contributed by atoms with van der Waals surface area (Å²) >= 11 is 3.41. The number of ether oxygens (including phenoxy) is 1. The molecule has 0 bridgehead atoms. The summed E-state index contributed by atoms with van der Waals surface area (Å²) in [7, 11) is 0. The molecule has 6 heteroatoms. The Hall–Kier alpha value is -1.92. The summed E-state index contributed by atoms with van der Waals surface area (Å²) in [5.41, 5.74) is 0.615. The molecule has 0 radical (unpaired) electrons. The predicted octanol–water partition coefficient (Wildman–Crippen LogP) is 2.93. The molecule has 0 unspecified atom stereocenters. The largest absolute Gasteiger partial charge is 0.439 e. The van der Waals surface area contributed by atoms with Gasteiger partial charge >= 0.3 is 0 Å². The van der Waals surface area contributed by atoms with E-state index in [0.717, 1.165) is 30.7 Å². The number of nitrogens with one attached hydrogen (secondary N) is 1. The molecule has 0 saturated carbocycles. The van der Waals surface area contributed by atoms with Crippen LogP contribution in [0.5, 0.6) is 11.6 Å². The third kappa shape index (κ3) is 3.16. The molecule has 2 saturated heterocycles. The number of hydrogen-bond acceptors (Lipinski definition) is 4. The molecule has 2 fully saturated rings. The first kappa shape index (κ1) is 15.6. The van der Waals surface area contributed by atoms with Gasteiger partial charge in [0.25, 0.3) is 5.91 Å². The SMILES string of the molecule is O=C(c1ccc(Oc2cccc(Br)c2)nc1)N1C[C@H]2CNC[C@H]2C1. The fourth-order valence-electron chi connectivity index (χ4n) is 3.42. The quantitative estimate of drug-likeness (QED) is 0.879. The van der Waals surface area contributed by atoms with Crippen molar-refractivity contribution in [3.8, 4) is 11.6 Å². The minimum atomic E-state index is 0.0610. The van der Waals surface area contributed by atoms with Gasteiger partial charge in [0, 0.05) is 42.9 Å². The molecule has 1 N–H and O–H groups in total. The second-order valence-corrected chi connectivity index (χ2v) is 7.25. The van der Waals surface area contributed by atoms with Crippen LogP contribution < -0.4 is 10.1 Å². The van der Waals surface area contributed by atoms with Crippen molar-refractivity contribution < 1.29 is 9.53 Å². The Morgan fingerprint density at radius 1 is 1.21 bits per heavy atom. The molecule has 0 aliphatic carbocycles. The van der Waals surface area contributed by atoms with Crippen LogP contribution in [0.3, 0.4) is 0 Å². The van der Waals surface area contributed by atoms with Crippen molar-refractivity contribution in [3.63, 3.8) is 0 Å². The molecule has 2 aromatic rings. The van der Waals surface area contributed by atoms with E-state index in [4.69, 9.17) is 4.74 Å². The minimum absolute atomic E-state index is 0.0610. The Morgan fingerprint density at radius 3 is 2.67 bits per heavy atom. The highest BCUT2D eigenvalue weighted by molar-refractivity contribution is 9.10. The van der Waals surface area contributed by atoms with Crippen LogP contribution in [0.1, 0.15) is 10.4 Å². The number of fused-ring (bicyclic) bond motifs is 1. The summed E-state index contributed by atoms with van der Waals surface area (Å²) < 4.78 is 6.65. The average molecular weight is 388 g/mol. The van der Waals surface area contributed by atoms with Crippen LogP contribution in [-0.4, -0.2) is 42.0 Å². The van der Waals surface area contributed by atoms with E-state index in [1.807, 2.05) is 29.2 Å². The van der Waals surface area contributed by atoms with Crippen molar-refractivity contribution in [2.45, 2.75) is 0 Å². The zero-order valence-electron chi connectivity index (χ0n) is 13.1. The van der Waals surface area contributed by atoms with Crippen molar-refractivity contribution in [3.05, 3.63) is 52.6 Å². The Balaban J connectivity index is 1.43. The second kappa shape index (κ2) is 6.53. The van der Waals surface area contributed by atoms with Gasteiger partial charge < -0.3 is 15.0 Å². The van der Waals surface area contributed by atoms with Crippen molar-refractivity contribution in [1.29, 1.82) is 0 Å². The minimum Gasteiger partial charge on any atom is -0.439 e. The lowest BCUT2D eigenvalue weighted by Crippen LogP contribution is -2.31. The van der Waals surface area contributed by atoms with Gasteiger partial charge in [-0.15, -0.1) is 0 Å². The smallest absolute Gasteiger partial charge is 0.255 e. The predicted molar refractivity (Wildman–Crippen MR) is 94.2 cm³/mol. The summed E-state index contributed by atoms with van der Waals surface area (Å²) in [5.74, 6) is 2.44. The summed E-state index contributed by atoms with van der Waals surface area (Å²) in [5, 5.41) is 3.39. The lowest BCUT2D eigenvalue weighted by molar-refractivity contribution is 0.0781. The molecule has 1 aromatic heterocycles. The molecule has 1 amide bonds. The van der Waals surface area contributed by atoms with Crippen LogP contribution >= 0.6 is 15.9 Å². The first-order valence-electron chi connectivity index (χ1n) is 8.08. The summed E-state index contributed by atoms with van der Waals surface area (Å²) in [6.45, 7) is 3.72. The Morgan fingerprint density at radius 2 is 2.00 bits per heavy atom. The van der Waals surface area contributed by atoms with Gasteiger partial charge in [0.1, 0.15) is 5.75 Å². The lowest BCUT2D eigenvalue weighted by Gasteiger charge is -2.17. The third-order valence-electron chi connectivity index (χ3n) is 4.68. The third-order valence-corrected chi connectivity index (χ3v) is 5.17. The van der Waals surface area contributed by atoms with Gasteiger partial charge in [-0.1, -0.05) is 22.0 Å². The number of amides is 1. The number of pyridine rings is 1. The monoisotopic (exact) mass is 387 g/mol. The number of halogens is 1. The maximum Gasteiger partial charge on any atom is 0.255 e. The molecule has 4 rings (SSSR count). The molecule has 1 aromatic carbocycles. The summed E-state index contributed by atoms with van der Waals surface area (Å²) in [6.07, 6.45) is 1.60. The van der Waals surface area contributed by atoms with E-state index in [-0.39, 0.29) is 5.91 Å². The van der Waals surface area contributed by atoms with Crippen LogP contribution in [0.4, 0.5) is 0 Å². The Kier molecular flexibility index (Phi) is 4.24. The van der Waals surface area contributed by atoms with E-state index in [2.05, 4.69) is 26.2 Å². The maximum absolute atomic E-state index is 12.6. The standard InChI is InChI=1S/C18H18BrN3O2/c19-15-2-1-3-16(6-15)24-17-5-4-12(9-21-17)18(23)22-10-13-7-20-8-14(13)11-22/h1-6,9,13-14,20H,7-8,10-11H2/t13-,14+. The highest BCUT2D eigenvalue weighted by atomic mass is 79.9. The normalized spacial score (nSPS) is 22.5. The summed E-state index contributed by atoms with van der Waals surface area (Å²) in [4.78, 5) is 18.8. The van der Waals surface area contributed by atoms with E-state index in [9.17, 15) is 4.79 Å². The molecule has 124 valence electrons. The molecule has 24 heavy (non-hydrogen) atoms. The van der Waals surface area contributed by atoms with Gasteiger partial charge in [0.2, 0.25) is 5.88 Å². The van der Waals surface area contributed by atoms with E-state index < -0.39 is 0 Å². The molecular formula is C18H18BrN3O2. The van der Waals surface area contributed by atoms with E-state index in [1.165, 1.54) is 0 Å². The van der Waals surface area contributed by atoms with Crippen molar-refractivity contribution >= 4 is 21.8 Å². The summed E-state index contributed by atoms with van der Waals surface area (Å²) in [6, 6.07) is 11.1. The van der Waals surface area contributed by atoms with Gasteiger partial charge in [0.15, 0.2) is 0 Å². The Labute approximate surface area is 149 Å². The number of benzene rings is 1. The second-order valence-electron chi connectivity index (χ2n) is 6.33. The molecule has 2 aliphatic rings. The highest BCUT2D eigenvalue weighted by Gasteiger charge is 2.38. The number of aromatic nitrogens is 1.